The van der Waals surface area contributed by atoms with Crippen LogP contribution in [0.2, 0.25) is 0 Å². The molecule has 0 spiro atoms. The Morgan fingerprint density at radius 2 is 2.00 bits per heavy atom. The highest BCUT2D eigenvalue weighted by Crippen LogP contribution is 2.25. The van der Waals surface area contributed by atoms with E-state index < -0.39 is 23.1 Å². The molecule has 0 bridgehead atoms. The molecular weight excluding hydrogens is 262 g/mol. The molecule has 1 aliphatic rings. The van der Waals surface area contributed by atoms with Gasteiger partial charge in [0.15, 0.2) is 5.54 Å². The molecule has 0 aromatic rings. The van der Waals surface area contributed by atoms with Gasteiger partial charge in [-0.15, -0.1) is 0 Å². The molecule has 0 fully saturated rings. The molecule has 0 aromatic heterocycles. The van der Waals surface area contributed by atoms with Crippen LogP contribution in [0.4, 0.5) is 4.79 Å². The third-order valence-corrected chi connectivity index (χ3v) is 2.71. The minimum atomic E-state index is -1.45. The number of amides is 2. The van der Waals surface area contributed by atoms with E-state index in [2.05, 4.69) is 16.0 Å². The Balaban J connectivity index is 3.06. The van der Waals surface area contributed by atoms with Gasteiger partial charge in [0.2, 0.25) is 0 Å². The van der Waals surface area contributed by atoms with E-state index in [0.29, 0.717) is 5.82 Å². The molecule has 6 N–H and O–H groups in total. The Bertz CT molecular complexity index is 492. The van der Waals surface area contributed by atoms with E-state index in [0.717, 1.165) is 0 Å². The van der Waals surface area contributed by atoms with E-state index in [1.807, 2.05) is 0 Å². The molecule has 0 aliphatic carbocycles. The molecule has 1 rings (SSSR count). The zero-order chi connectivity index (χ0) is 15.7. The van der Waals surface area contributed by atoms with Crippen LogP contribution in [0.25, 0.3) is 0 Å². The first-order chi connectivity index (χ1) is 9.01. The quantitative estimate of drug-likeness (QED) is 0.361. The van der Waals surface area contributed by atoms with Crippen molar-refractivity contribution in [2.24, 2.45) is 5.73 Å². The van der Waals surface area contributed by atoms with Gasteiger partial charge in [0.25, 0.3) is 5.91 Å². The van der Waals surface area contributed by atoms with Crippen LogP contribution in [0, 0.1) is 5.41 Å². The first-order valence-corrected chi connectivity index (χ1v) is 6.11. The number of alkyl carbamates (subject to hydrolysis) is 1. The molecule has 8 nitrogen and oxygen atoms in total. The third-order valence-electron chi connectivity index (χ3n) is 2.71. The predicted octanol–water partition coefficient (Wildman–Crippen LogP) is -0.233. The highest BCUT2D eigenvalue weighted by molar-refractivity contribution is 6.11. The van der Waals surface area contributed by atoms with E-state index in [1.54, 1.807) is 27.8 Å². The van der Waals surface area contributed by atoms with Gasteiger partial charge in [-0.05, 0) is 27.7 Å². The number of nitrogens with one attached hydrogen (secondary N) is 4. The molecule has 1 aliphatic heterocycles. The normalized spacial score (nSPS) is 22.4. The number of amidine groups is 1. The van der Waals surface area contributed by atoms with E-state index in [-0.39, 0.29) is 11.4 Å². The van der Waals surface area contributed by atoms with Crippen LogP contribution in [0.5, 0.6) is 0 Å². The van der Waals surface area contributed by atoms with Crippen molar-refractivity contribution in [1.29, 1.82) is 5.41 Å². The molecule has 20 heavy (non-hydrogen) atoms. The molecule has 8 heteroatoms. The smallest absolute Gasteiger partial charge is 0.408 e. The number of hydrogen-bond donors (Lipinski definition) is 5. The van der Waals surface area contributed by atoms with Crippen molar-refractivity contribution < 1.29 is 14.3 Å². The fraction of sp³-hybridized carbons (Fsp3) is 0.583. The highest BCUT2D eigenvalue weighted by Gasteiger charge is 2.48. The second-order valence-electron chi connectivity index (χ2n) is 5.62. The Labute approximate surface area is 117 Å². The maximum absolute atomic E-state index is 12.1. The minimum Gasteiger partial charge on any atom is -0.444 e. The number of rotatable bonds is 3. The summed E-state index contributed by atoms with van der Waals surface area (Å²) in [6.45, 7) is 6.60. The van der Waals surface area contributed by atoms with Gasteiger partial charge in [0.05, 0.1) is 5.57 Å². The molecule has 0 radical (unpaired) electrons. The van der Waals surface area contributed by atoms with E-state index in [4.69, 9.17) is 15.9 Å². The number of ether oxygens (including phenoxy) is 1. The average Bonchev–Trinajstić information content (AvgIpc) is 2.47. The lowest BCUT2D eigenvalue weighted by Crippen LogP contribution is -2.56. The maximum Gasteiger partial charge on any atom is 0.408 e. The zero-order valence-electron chi connectivity index (χ0n) is 12.3. The van der Waals surface area contributed by atoms with Gasteiger partial charge < -0.3 is 26.4 Å². The molecule has 1 atom stereocenters. The maximum atomic E-state index is 12.1. The lowest BCUT2D eigenvalue weighted by molar-refractivity contribution is -0.123. The first-order valence-electron chi connectivity index (χ1n) is 6.11. The molecule has 0 saturated heterocycles. The Hall–Kier alpha value is -2.25. The van der Waals surface area contributed by atoms with E-state index >= 15 is 0 Å². The summed E-state index contributed by atoms with van der Waals surface area (Å²) in [5.41, 5.74) is 3.54. The Kier molecular flexibility index (Phi) is 3.97. The van der Waals surface area contributed by atoms with Gasteiger partial charge in [-0.25, -0.2) is 4.79 Å². The summed E-state index contributed by atoms with van der Waals surface area (Å²) in [6.07, 6.45) is -0.758. The zero-order valence-corrected chi connectivity index (χ0v) is 12.3. The van der Waals surface area contributed by atoms with E-state index in [9.17, 15) is 9.59 Å². The van der Waals surface area contributed by atoms with Crippen molar-refractivity contribution >= 4 is 17.8 Å². The van der Waals surface area contributed by atoms with Crippen molar-refractivity contribution in [3.63, 3.8) is 0 Å². The summed E-state index contributed by atoms with van der Waals surface area (Å²) in [4.78, 5) is 23.9. The van der Waals surface area contributed by atoms with Crippen LogP contribution < -0.4 is 21.7 Å². The fourth-order valence-electron chi connectivity index (χ4n) is 1.88. The number of carbonyl (C=O) groups is 2. The molecule has 1 unspecified atom stereocenters. The standard InChI is InChI=1S/C12H21N5O3/c1-11(2,3)20-10(19)17-12(4)6(7(13)14)8(15-5)16-9(12)18/h15H,1-5H3,(H3,13,14)(H,16,18)(H,17,19). The van der Waals surface area contributed by atoms with Gasteiger partial charge in [-0.3, -0.25) is 10.2 Å². The monoisotopic (exact) mass is 283 g/mol. The van der Waals surface area contributed by atoms with Crippen LogP contribution in [0.15, 0.2) is 11.4 Å². The van der Waals surface area contributed by atoms with Crippen molar-refractivity contribution in [2.45, 2.75) is 38.8 Å². The summed E-state index contributed by atoms with van der Waals surface area (Å²) in [6, 6.07) is 0. The lowest BCUT2D eigenvalue weighted by Gasteiger charge is -2.28. The Morgan fingerprint density at radius 1 is 1.45 bits per heavy atom. The summed E-state index contributed by atoms with van der Waals surface area (Å²) in [5.74, 6) is -0.509. The van der Waals surface area contributed by atoms with Gasteiger partial charge in [0.1, 0.15) is 17.3 Å². The Morgan fingerprint density at radius 3 is 2.40 bits per heavy atom. The van der Waals surface area contributed by atoms with Crippen molar-refractivity contribution in [3.8, 4) is 0 Å². The summed E-state index contributed by atoms with van der Waals surface area (Å²) < 4.78 is 5.13. The summed E-state index contributed by atoms with van der Waals surface area (Å²) in [7, 11) is 1.58. The number of nitrogens with two attached hydrogens (primary N) is 1. The first kappa shape index (κ1) is 15.8. The second-order valence-corrected chi connectivity index (χ2v) is 5.62. The van der Waals surface area contributed by atoms with Crippen molar-refractivity contribution in [2.75, 3.05) is 7.05 Å². The van der Waals surface area contributed by atoms with Gasteiger partial charge in [-0.1, -0.05) is 0 Å². The molecule has 2 amide bonds. The topological polar surface area (TPSA) is 129 Å². The van der Waals surface area contributed by atoms with Gasteiger partial charge in [-0.2, -0.15) is 0 Å². The van der Waals surface area contributed by atoms with E-state index in [1.165, 1.54) is 6.92 Å². The molecular formula is C12H21N5O3. The van der Waals surface area contributed by atoms with Crippen LogP contribution in [-0.4, -0.2) is 36.0 Å². The van der Waals surface area contributed by atoms with Gasteiger partial charge >= 0.3 is 6.09 Å². The van der Waals surface area contributed by atoms with Crippen molar-refractivity contribution in [1.82, 2.24) is 16.0 Å². The lowest BCUT2D eigenvalue weighted by atomic mass is 9.93. The van der Waals surface area contributed by atoms with Crippen LogP contribution >= 0.6 is 0 Å². The molecule has 0 aromatic carbocycles. The molecule has 1 heterocycles. The van der Waals surface area contributed by atoms with Crippen LogP contribution in [0.1, 0.15) is 27.7 Å². The predicted molar refractivity (Wildman–Crippen MR) is 73.9 cm³/mol. The van der Waals surface area contributed by atoms with Crippen LogP contribution in [0.3, 0.4) is 0 Å². The third kappa shape index (κ3) is 3.01. The molecule has 112 valence electrons. The van der Waals surface area contributed by atoms with Crippen LogP contribution in [-0.2, 0) is 9.53 Å². The average molecular weight is 283 g/mol. The second kappa shape index (κ2) is 5.03. The SMILES string of the molecule is CNC1=C(C(=N)N)C(C)(NC(=O)OC(C)(C)C)C(=O)N1. The summed E-state index contributed by atoms with van der Waals surface area (Å²) in [5, 5.41) is 15.3. The largest absolute Gasteiger partial charge is 0.444 e. The number of carbonyl (C=O) groups excluding carboxylic acids is 2. The minimum absolute atomic E-state index is 0.177. The summed E-state index contributed by atoms with van der Waals surface area (Å²) >= 11 is 0. The van der Waals surface area contributed by atoms with Gasteiger partial charge in [0, 0.05) is 7.05 Å². The number of hydrogen-bond acceptors (Lipinski definition) is 5. The molecule has 0 saturated carbocycles. The fourth-order valence-corrected chi connectivity index (χ4v) is 1.88. The van der Waals surface area contributed by atoms with Crippen molar-refractivity contribution in [3.05, 3.63) is 11.4 Å². The highest BCUT2D eigenvalue weighted by atomic mass is 16.6.